The Morgan fingerprint density at radius 1 is 1.11 bits per heavy atom. The number of benzene rings is 2. The molecule has 1 atom stereocenters. The summed E-state index contributed by atoms with van der Waals surface area (Å²) in [6, 6.07) is 10.3. The van der Waals surface area contributed by atoms with Crippen LogP contribution in [0.1, 0.15) is 17.5 Å². The normalized spacial score (nSPS) is 17.3. The average Bonchev–Trinajstić information content (AvgIpc) is 2.63. The van der Waals surface area contributed by atoms with Gasteiger partial charge in [-0.05, 0) is 11.1 Å². The first kappa shape index (κ1) is 18.9. The molecular formula is C20H16F5NO. The van der Waals surface area contributed by atoms with Gasteiger partial charge in [-0.1, -0.05) is 36.9 Å². The summed E-state index contributed by atoms with van der Waals surface area (Å²) in [6.07, 6.45) is -4.29. The second-order valence-electron chi connectivity index (χ2n) is 6.01. The number of ether oxygens (including phenoxy) is 1. The van der Waals surface area contributed by atoms with E-state index in [0.717, 1.165) is 12.1 Å². The fourth-order valence-corrected chi connectivity index (χ4v) is 2.86. The van der Waals surface area contributed by atoms with Crippen molar-refractivity contribution in [1.82, 2.24) is 5.32 Å². The summed E-state index contributed by atoms with van der Waals surface area (Å²) in [7, 11) is 0. The first-order valence-electron chi connectivity index (χ1n) is 8.15. The Balaban J connectivity index is 2.09. The molecule has 0 bridgehead atoms. The zero-order chi connectivity index (χ0) is 19.6. The Morgan fingerprint density at radius 3 is 2.33 bits per heavy atom. The van der Waals surface area contributed by atoms with Gasteiger partial charge < -0.3 is 10.1 Å². The predicted molar refractivity (Wildman–Crippen MR) is 92.9 cm³/mol. The van der Waals surface area contributed by atoms with Gasteiger partial charge in [0.2, 0.25) is 0 Å². The number of halogens is 5. The maximum atomic E-state index is 14.6. The topological polar surface area (TPSA) is 21.3 Å². The van der Waals surface area contributed by atoms with Crippen molar-refractivity contribution in [3.63, 3.8) is 0 Å². The third-order valence-corrected chi connectivity index (χ3v) is 4.11. The number of hydrogen-bond acceptors (Lipinski definition) is 2. The van der Waals surface area contributed by atoms with E-state index < -0.39 is 36.4 Å². The number of rotatable bonds is 5. The molecule has 1 unspecified atom stereocenters. The lowest BCUT2D eigenvalue weighted by Crippen LogP contribution is -2.27. The molecule has 1 aliphatic rings. The van der Waals surface area contributed by atoms with Gasteiger partial charge in [0.05, 0.1) is 11.3 Å². The molecule has 2 aromatic carbocycles. The Kier molecular flexibility index (Phi) is 5.48. The molecule has 0 spiro atoms. The van der Waals surface area contributed by atoms with E-state index in [-0.39, 0.29) is 23.6 Å². The quantitative estimate of drug-likeness (QED) is 0.708. The molecule has 3 rings (SSSR count). The van der Waals surface area contributed by atoms with Crippen molar-refractivity contribution in [2.75, 3.05) is 6.61 Å². The summed E-state index contributed by atoms with van der Waals surface area (Å²) >= 11 is 0. The molecule has 0 saturated carbocycles. The summed E-state index contributed by atoms with van der Waals surface area (Å²) in [6.45, 7) is 2.57. The Morgan fingerprint density at radius 2 is 1.74 bits per heavy atom. The highest BCUT2D eigenvalue weighted by Gasteiger charge is 2.29. The highest BCUT2D eigenvalue weighted by Crippen LogP contribution is 2.37. The van der Waals surface area contributed by atoms with Crippen LogP contribution in [0.3, 0.4) is 0 Å². The van der Waals surface area contributed by atoms with Crippen molar-refractivity contribution in [1.29, 1.82) is 0 Å². The van der Waals surface area contributed by atoms with E-state index in [1.807, 2.05) is 0 Å². The van der Waals surface area contributed by atoms with Gasteiger partial charge in [0.25, 0.3) is 6.43 Å². The van der Waals surface area contributed by atoms with Gasteiger partial charge in [0, 0.05) is 24.3 Å². The second kappa shape index (κ2) is 7.82. The number of alkyl halides is 3. The maximum Gasteiger partial charge on any atom is 0.272 e. The number of allylic oxidation sites excluding steroid dienone is 2. The highest BCUT2D eigenvalue weighted by atomic mass is 19.3. The summed E-state index contributed by atoms with van der Waals surface area (Å²) < 4.78 is 72.6. The minimum atomic E-state index is -2.77. The first-order chi connectivity index (χ1) is 12.9. The van der Waals surface area contributed by atoms with E-state index in [1.54, 1.807) is 30.3 Å². The molecule has 2 nitrogen and oxygen atoms in total. The molecule has 142 valence electrons. The minimum absolute atomic E-state index is 0.0125. The van der Waals surface area contributed by atoms with Gasteiger partial charge in [-0.15, -0.1) is 0 Å². The van der Waals surface area contributed by atoms with E-state index in [0.29, 0.717) is 11.1 Å². The summed E-state index contributed by atoms with van der Waals surface area (Å²) in [4.78, 5) is 0. The molecule has 0 fully saturated rings. The summed E-state index contributed by atoms with van der Waals surface area (Å²) in [5.41, 5.74) is 0.602. The molecule has 27 heavy (non-hydrogen) atoms. The second-order valence-corrected chi connectivity index (χ2v) is 6.01. The lowest BCUT2D eigenvalue weighted by atomic mass is 9.90. The van der Waals surface area contributed by atoms with Crippen LogP contribution in [0.4, 0.5) is 22.0 Å². The molecule has 2 aromatic rings. The summed E-state index contributed by atoms with van der Waals surface area (Å²) in [5, 5.41) is 2.65. The molecule has 0 saturated heterocycles. The van der Waals surface area contributed by atoms with Gasteiger partial charge in [0.15, 0.2) is 0 Å². The predicted octanol–water partition coefficient (Wildman–Crippen LogP) is 5.32. The van der Waals surface area contributed by atoms with Crippen LogP contribution in [0.25, 0.3) is 11.3 Å². The van der Waals surface area contributed by atoms with Gasteiger partial charge in [0.1, 0.15) is 30.2 Å². The zero-order valence-electron chi connectivity index (χ0n) is 14.1. The molecule has 0 radical (unpaired) electrons. The van der Waals surface area contributed by atoms with Crippen LogP contribution in [0.15, 0.2) is 54.7 Å². The Hall–Kier alpha value is -2.83. The minimum Gasteiger partial charge on any atom is -0.487 e. The number of nitrogens with one attached hydrogen (secondary N) is 1. The van der Waals surface area contributed by atoms with Crippen LogP contribution < -0.4 is 10.1 Å². The smallest absolute Gasteiger partial charge is 0.272 e. The van der Waals surface area contributed by atoms with Crippen LogP contribution in [0.2, 0.25) is 0 Å². The molecule has 1 N–H and O–H groups in total. The van der Waals surface area contributed by atoms with Crippen LogP contribution in [0, 0.1) is 11.6 Å². The molecule has 1 aliphatic heterocycles. The molecule has 1 heterocycles. The van der Waals surface area contributed by atoms with Gasteiger partial charge in [-0.2, -0.15) is 0 Å². The van der Waals surface area contributed by atoms with Crippen molar-refractivity contribution in [3.05, 3.63) is 77.5 Å². The fourth-order valence-electron chi connectivity index (χ4n) is 2.86. The highest BCUT2D eigenvalue weighted by molar-refractivity contribution is 5.92. The van der Waals surface area contributed by atoms with Gasteiger partial charge in [-0.3, -0.25) is 0 Å². The standard InChI is InChI=1S/C20H16F5NO/c1-11-15(21)9-14(12-5-3-2-4-6-12)20(26-11)19-16(22)7-13(8-17(19)23)27-10-18(24)25/h2-8,15,18,26H,1,9-10H2. The number of hydrogen-bond donors (Lipinski definition) is 1. The van der Waals surface area contributed by atoms with E-state index >= 15 is 0 Å². The van der Waals surface area contributed by atoms with E-state index in [1.165, 1.54) is 0 Å². The van der Waals surface area contributed by atoms with Crippen molar-refractivity contribution < 1.29 is 26.7 Å². The Bertz CT molecular complexity index is 856. The van der Waals surface area contributed by atoms with Crippen molar-refractivity contribution in [2.45, 2.75) is 19.0 Å². The van der Waals surface area contributed by atoms with Crippen LogP contribution in [-0.4, -0.2) is 19.2 Å². The average molecular weight is 381 g/mol. The molecular weight excluding hydrogens is 365 g/mol. The van der Waals surface area contributed by atoms with E-state index in [4.69, 9.17) is 0 Å². The zero-order valence-corrected chi connectivity index (χ0v) is 14.1. The molecule has 0 amide bonds. The molecule has 0 aromatic heterocycles. The SMILES string of the molecule is C=C1NC(c2c(F)cc(OCC(F)F)cc2F)=C(c2ccccc2)CC1F. The van der Waals surface area contributed by atoms with Crippen LogP contribution >= 0.6 is 0 Å². The summed E-state index contributed by atoms with van der Waals surface area (Å²) in [5.74, 6) is -2.38. The first-order valence-corrected chi connectivity index (χ1v) is 8.15. The fraction of sp³-hybridized carbons (Fsp3) is 0.200. The third-order valence-electron chi connectivity index (χ3n) is 4.11. The van der Waals surface area contributed by atoms with Crippen LogP contribution in [0.5, 0.6) is 5.75 Å². The van der Waals surface area contributed by atoms with Crippen molar-refractivity contribution >= 4 is 11.3 Å². The largest absolute Gasteiger partial charge is 0.487 e. The lowest BCUT2D eigenvalue weighted by molar-refractivity contribution is 0.0815. The maximum absolute atomic E-state index is 14.6. The van der Waals surface area contributed by atoms with Gasteiger partial charge >= 0.3 is 0 Å². The van der Waals surface area contributed by atoms with Crippen molar-refractivity contribution in [2.24, 2.45) is 0 Å². The van der Waals surface area contributed by atoms with E-state index in [2.05, 4.69) is 16.6 Å². The lowest BCUT2D eigenvalue weighted by Gasteiger charge is -2.27. The van der Waals surface area contributed by atoms with E-state index in [9.17, 15) is 22.0 Å². The van der Waals surface area contributed by atoms with Crippen LogP contribution in [-0.2, 0) is 0 Å². The molecule has 7 heteroatoms. The van der Waals surface area contributed by atoms with Crippen molar-refractivity contribution in [3.8, 4) is 5.75 Å². The Labute approximate surface area is 153 Å². The monoisotopic (exact) mass is 381 g/mol. The van der Waals surface area contributed by atoms with Gasteiger partial charge in [-0.25, -0.2) is 22.0 Å². The molecule has 0 aliphatic carbocycles. The third kappa shape index (κ3) is 4.13.